The third kappa shape index (κ3) is 2.10. The summed E-state index contributed by atoms with van der Waals surface area (Å²) in [5.41, 5.74) is 1.25. The highest BCUT2D eigenvalue weighted by Crippen LogP contribution is 2.13. The van der Waals surface area contributed by atoms with Crippen LogP contribution in [-0.2, 0) is 4.84 Å². The maximum atomic E-state index is 11.5. The van der Waals surface area contributed by atoms with Crippen molar-refractivity contribution in [3.63, 3.8) is 0 Å². The van der Waals surface area contributed by atoms with Gasteiger partial charge in [0.2, 0.25) is 0 Å². The van der Waals surface area contributed by atoms with E-state index in [4.69, 9.17) is 0 Å². The Bertz CT molecular complexity index is 697. The summed E-state index contributed by atoms with van der Waals surface area (Å²) in [7, 11) is 1.43. The predicted octanol–water partition coefficient (Wildman–Crippen LogP) is 0.770. The van der Waals surface area contributed by atoms with Crippen LogP contribution in [0.4, 0.5) is 0 Å². The Morgan fingerprint density at radius 2 is 2.18 bits per heavy atom. The Morgan fingerprint density at radius 1 is 1.41 bits per heavy atom. The molecule has 0 aliphatic carbocycles. The van der Waals surface area contributed by atoms with Crippen LogP contribution >= 0.6 is 0 Å². The van der Waals surface area contributed by atoms with Crippen molar-refractivity contribution in [3.8, 4) is 0 Å². The molecule has 1 N–H and O–H groups in total. The van der Waals surface area contributed by atoms with Crippen molar-refractivity contribution in [2.45, 2.75) is 6.92 Å². The molecule has 0 amide bonds. The number of H-pyrrole nitrogens is 1. The Labute approximate surface area is 95.5 Å². The van der Waals surface area contributed by atoms with E-state index in [1.165, 1.54) is 13.3 Å². The number of benzene rings is 1. The smallest absolute Gasteiger partial charge is 0.399 e. The minimum absolute atomic E-state index is 0.308. The van der Waals surface area contributed by atoms with E-state index in [1.807, 2.05) is 0 Å². The molecule has 6 heteroatoms. The quantitative estimate of drug-likeness (QED) is 0.614. The van der Waals surface area contributed by atoms with Crippen LogP contribution in [0.2, 0.25) is 0 Å². The minimum atomic E-state index is -0.760. The van der Waals surface area contributed by atoms with Crippen molar-refractivity contribution in [2.24, 2.45) is 5.16 Å². The highest BCUT2D eigenvalue weighted by atomic mass is 16.6. The van der Waals surface area contributed by atoms with Gasteiger partial charge in [0.25, 0.3) is 0 Å². The predicted molar refractivity (Wildman–Crippen MR) is 62.4 cm³/mol. The lowest BCUT2D eigenvalue weighted by molar-refractivity contribution is 0.215. The van der Waals surface area contributed by atoms with Gasteiger partial charge in [-0.1, -0.05) is 5.16 Å². The highest BCUT2D eigenvalue weighted by molar-refractivity contribution is 5.89. The number of nitrogens with one attached hydrogen (secondary N) is 1. The molecule has 0 aliphatic rings. The molecule has 1 aromatic heterocycles. The summed E-state index contributed by atoms with van der Waals surface area (Å²) in [6, 6.07) is 3.35. The van der Waals surface area contributed by atoms with E-state index in [2.05, 4.69) is 19.4 Å². The van der Waals surface area contributed by atoms with Crippen molar-refractivity contribution >= 4 is 17.1 Å². The summed E-state index contributed by atoms with van der Waals surface area (Å²) in [5, 5.41) is 3.92. The molecule has 0 spiro atoms. The Balaban J connectivity index is 2.78. The SMILES string of the molecule is CON=Cc1cc(C)c2[nH]c(=O)oc(=O)c2c1. The molecule has 17 heavy (non-hydrogen) atoms. The number of aromatic amines is 1. The van der Waals surface area contributed by atoms with Crippen LogP contribution in [0.15, 0.2) is 31.3 Å². The van der Waals surface area contributed by atoms with E-state index in [0.29, 0.717) is 16.5 Å². The molecule has 0 aliphatic heterocycles. The first-order valence-corrected chi connectivity index (χ1v) is 4.86. The molecule has 0 fully saturated rings. The summed E-state index contributed by atoms with van der Waals surface area (Å²) in [5.74, 6) is -0.760. The minimum Gasteiger partial charge on any atom is -0.399 e. The van der Waals surface area contributed by atoms with Gasteiger partial charge in [-0.05, 0) is 30.2 Å². The van der Waals surface area contributed by atoms with Crippen LogP contribution in [-0.4, -0.2) is 18.3 Å². The zero-order chi connectivity index (χ0) is 12.4. The Hall–Kier alpha value is -2.37. The van der Waals surface area contributed by atoms with Crippen LogP contribution in [0.5, 0.6) is 0 Å². The van der Waals surface area contributed by atoms with Gasteiger partial charge in [0.05, 0.1) is 17.1 Å². The Morgan fingerprint density at radius 3 is 2.88 bits per heavy atom. The standard InChI is InChI=1S/C11H10N2O4/c1-6-3-7(5-12-16-2)4-8-9(6)13-11(15)17-10(8)14/h3-5H,1-2H3,(H,13,15). The molecular formula is C11H10N2O4. The second kappa shape index (κ2) is 4.25. The third-order valence-electron chi connectivity index (χ3n) is 2.30. The molecule has 88 valence electrons. The molecule has 1 heterocycles. The van der Waals surface area contributed by atoms with E-state index in [9.17, 15) is 9.59 Å². The zero-order valence-electron chi connectivity index (χ0n) is 9.31. The number of rotatable bonds is 2. The van der Waals surface area contributed by atoms with Crippen LogP contribution in [0.3, 0.4) is 0 Å². The fraction of sp³-hybridized carbons (Fsp3) is 0.182. The average molecular weight is 234 g/mol. The molecule has 0 bridgehead atoms. The van der Waals surface area contributed by atoms with Gasteiger partial charge in [0, 0.05) is 0 Å². The number of nitrogens with zero attached hydrogens (tertiary/aromatic N) is 1. The van der Waals surface area contributed by atoms with Crippen molar-refractivity contribution in [1.82, 2.24) is 4.98 Å². The topological polar surface area (TPSA) is 84.7 Å². The number of aryl methyl sites for hydroxylation is 1. The fourth-order valence-corrected chi connectivity index (χ4v) is 1.60. The molecule has 1 aromatic carbocycles. The summed E-state index contributed by atoms with van der Waals surface area (Å²) >= 11 is 0. The van der Waals surface area contributed by atoms with Crippen molar-refractivity contribution in [1.29, 1.82) is 0 Å². The average Bonchev–Trinajstić information content (AvgIpc) is 2.28. The molecule has 0 radical (unpaired) electrons. The van der Waals surface area contributed by atoms with Crippen LogP contribution in [0.1, 0.15) is 11.1 Å². The van der Waals surface area contributed by atoms with Gasteiger partial charge in [-0.25, -0.2) is 9.59 Å². The van der Waals surface area contributed by atoms with Crippen molar-refractivity contribution in [3.05, 3.63) is 44.2 Å². The van der Waals surface area contributed by atoms with Gasteiger partial charge in [0.1, 0.15) is 7.11 Å². The molecular weight excluding hydrogens is 224 g/mol. The summed E-state index contributed by atoms with van der Waals surface area (Å²) < 4.78 is 4.46. The van der Waals surface area contributed by atoms with Crippen molar-refractivity contribution in [2.75, 3.05) is 7.11 Å². The van der Waals surface area contributed by atoms with Gasteiger partial charge in [0.15, 0.2) is 0 Å². The molecule has 0 saturated heterocycles. The summed E-state index contributed by atoms with van der Waals surface area (Å²) in [6.45, 7) is 1.78. The number of hydrogen-bond acceptors (Lipinski definition) is 5. The molecule has 0 unspecified atom stereocenters. The molecule has 2 aromatic rings. The lowest BCUT2D eigenvalue weighted by Gasteiger charge is -2.01. The maximum Gasteiger partial charge on any atom is 0.419 e. The number of fused-ring (bicyclic) bond motifs is 1. The lowest BCUT2D eigenvalue weighted by atomic mass is 10.1. The lowest BCUT2D eigenvalue weighted by Crippen LogP contribution is -2.15. The van der Waals surface area contributed by atoms with Gasteiger partial charge < -0.3 is 9.25 Å². The third-order valence-corrected chi connectivity index (χ3v) is 2.30. The van der Waals surface area contributed by atoms with Gasteiger partial charge >= 0.3 is 11.4 Å². The van der Waals surface area contributed by atoms with Crippen molar-refractivity contribution < 1.29 is 9.25 Å². The zero-order valence-corrected chi connectivity index (χ0v) is 9.31. The van der Waals surface area contributed by atoms with Gasteiger partial charge in [-0.3, -0.25) is 4.98 Å². The first kappa shape index (κ1) is 11.1. The molecule has 0 atom stereocenters. The van der Waals surface area contributed by atoms with E-state index in [-0.39, 0.29) is 0 Å². The number of oxime groups is 1. The molecule has 0 saturated carbocycles. The van der Waals surface area contributed by atoms with E-state index in [1.54, 1.807) is 19.1 Å². The van der Waals surface area contributed by atoms with Crippen LogP contribution < -0.4 is 11.4 Å². The monoisotopic (exact) mass is 234 g/mol. The number of hydrogen-bond donors (Lipinski definition) is 1. The van der Waals surface area contributed by atoms with E-state index < -0.39 is 11.4 Å². The second-order valence-electron chi connectivity index (χ2n) is 3.48. The highest BCUT2D eigenvalue weighted by Gasteiger charge is 2.06. The largest absolute Gasteiger partial charge is 0.419 e. The normalized spacial score (nSPS) is 11.2. The number of aromatic nitrogens is 1. The maximum absolute atomic E-state index is 11.5. The summed E-state index contributed by atoms with van der Waals surface area (Å²) in [6.07, 6.45) is 1.47. The van der Waals surface area contributed by atoms with E-state index >= 15 is 0 Å². The first-order chi connectivity index (χ1) is 8.11. The second-order valence-corrected chi connectivity index (χ2v) is 3.48. The Kier molecular flexibility index (Phi) is 2.78. The molecule has 2 rings (SSSR count). The molecule has 6 nitrogen and oxygen atoms in total. The first-order valence-electron chi connectivity index (χ1n) is 4.86. The fourth-order valence-electron chi connectivity index (χ4n) is 1.60. The van der Waals surface area contributed by atoms with Gasteiger partial charge in [-0.15, -0.1) is 0 Å². The van der Waals surface area contributed by atoms with Crippen LogP contribution in [0.25, 0.3) is 10.9 Å². The van der Waals surface area contributed by atoms with E-state index in [0.717, 1.165) is 5.56 Å². The van der Waals surface area contributed by atoms with Gasteiger partial charge in [-0.2, -0.15) is 0 Å². The summed E-state index contributed by atoms with van der Waals surface area (Å²) in [4.78, 5) is 29.6. The van der Waals surface area contributed by atoms with Crippen LogP contribution in [0, 0.1) is 6.92 Å².